The van der Waals surface area contributed by atoms with Crippen LogP contribution in [0.5, 0.6) is 0 Å². The summed E-state index contributed by atoms with van der Waals surface area (Å²) in [6.45, 7) is 0.548. The number of primary amides is 1. The molecule has 31 heavy (non-hydrogen) atoms. The molecule has 0 fully saturated rings. The standard InChI is InChI=1S/C24H18FN5O/c25-19-13-28-9-7-17(19)23-22(16-2-1-8-27-11-16)18-12-29-20(10-21(18)30-23)14-3-5-15(6-4-14)24(26)31/h1-11,13,29-30H,12H2,(H2,26,31). The Kier molecular flexibility index (Phi) is 4.55. The SMILES string of the molecule is NC(=O)c1ccc(C2=Cc3[nH]c(-c4ccncc4F)c(-c4cccnc4)c3CN2)cc1. The lowest BCUT2D eigenvalue weighted by molar-refractivity contribution is 0.100. The fourth-order valence-electron chi connectivity index (χ4n) is 3.85. The average molecular weight is 411 g/mol. The summed E-state index contributed by atoms with van der Waals surface area (Å²) in [7, 11) is 0. The van der Waals surface area contributed by atoms with E-state index in [2.05, 4.69) is 20.3 Å². The first-order valence-corrected chi connectivity index (χ1v) is 9.73. The first-order valence-electron chi connectivity index (χ1n) is 9.73. The molecule has 1 aliphatic heterocycles. The number of halogens is 1. The highest BCUT2D eigenvalue weighted by molar-refractivity contribution is 5.94. The summed E-state index contributed by atoms with van der Waals surface area (Å²) in [5, 5.41) is 3.43. The van der Waals surface area contributed by atoms with Gasteiger partial charge in [-0.2, -0.15) is 0 Å². The molecule has 0 saturated carbocycles. The lowest BCUT2D eigenvalue weighted by Gasteiger charge is -2.18. The zero-order chi connectivity index (χ0) is 21.4. The maximum Gasteiger partial charge on any atom is 0.248 e. The summed E-state index contributed by atoms with van der Waals surface area (Å²) < 4.78 is 14.6. The summed E-state index contributed by atoms with van der Waals surface area (Å²) in [6.07, 6.45) is 8.25. The van der Waals surface area contributed by atoms with Gasteiger partial charge in [0.05, 0.1) is 11.9 Å². The lowest BCUT2D eigenvalue weighted by atomic mass is 9.96. The van der Waals surface area contributed by atoms with E-state index in [1.165, 1.54) is 6.20 Å². The number of nitrogens with two attached hydrogens (primary N) is 1. The number of hydrogen-bond donors (Lipinski definition) is 3. The predicted octanol–water partition coefficient (Wildman–Crippen LogP) is 3.98. The van der Waals surface area contributed by atoms with E-state index in [0.29, 0.717) is 23.4 Å². The monoisotopic (exact) mass is 411 g/mol. The normalized spacial score (nSPS) is 12.6. The van der Waals surface area contributed by atoms with E-state index >= 15 is 0 Å². The van der Waals surface area contributed by atoms with Gasteiger partial charge in [0.2, 0.25) is 5.91 Å². The Morgan fingerprint density at radius 3 is 2.52 bits per heavy atom. The Balaban J connectivity index is 1.65. The first kappa shape index (κ1) is 18.7. The molecule has 7 heteroatoms. The summed E-state index contributed by atoms with van der Waals surface area (Å²) in [6, 6.07) is 12.6. The third-order valence-electron chi connectivity index (χ3n) is 5.35. The molecule has 6 nitrogen and oxygen atoms in total. The van der Waals surface area contributed by atoms with Crippen molar-refractivity contribution in [2.24, 2.45) is 5.73 Å². The second-order valence-electron chi connectivity index (χ2n) is 7.22. The molecule has 0 atom stereocenters. The molecule has 4 aromatic rings. The molecule has 1 aliphatic rings. The highest BCUT2D eigenvalue weighted by Crippen LogP contribution is 2.40. The number of H-pyrrole nitrogens is 1. The van der Waals surface area contributed by atoms with Crippen LogP contribution in [0.2, 0.25) is 0 Å². The van der Waals surface area contributed by atoms with Crippen molar-refractivity contribution in [3.05, 3.63) is 95.5 Å². The van der Waals surface area contributed by atoms with E-state index in [9.17, 15) is 9.18 Å². The van der Waals surface area contributed by atoms with Gasteiger partial charge in [-0.3, -0.25) is 14.8 Å². The molecule has 0 aliphatic carbocycles. The van der Waals surface area contributed by atoms with Gasteiger partial charge in [0.1, 0.15) is 0 Å². The maximum absolute atomic E-state index is 14.6. The lowest BCUT2D eigenvalue weighted by Crippen LogP contribution is -2.17. The molecule has 0 bridgehead atoms. The van der Waals surface area contributed by atoms with Gasteiger partial charge in [-0.05, 0) is 35.9 Å². The topological polar surface area (TPSA) is 96.7 Å². The van der Waals surface area contributed by atoms with Crippen LogP contribution in [-0.2, 0) is 6.54 Å². The van der Waals surface area contributed by atoms with Gasteiger partial charge in [-0.15, -0.1) is 0 Å². The zero-order valence-electron chi connectivity index (χ0n) is 16.4. The molecular formula is C24H18FN5O. The molecule has 0 saturated heterocycles. The number of nitrogens with one attached hydrogen (secondary N) is 2. The highest BCUT2D eigenvalue weighted by Gasteiger charge is 2.24. The highest BCUT2D eigenvalue weighted by atomic mass is 19.1. The van der Waals surface area contributed by atoms with E-state index in [1.807, 2.05) is 30.3 Å². The molecule has 1 aromatic carbocycles. The van der Waals surface area contributed by atoms with Crippen molar-refractivity contribution in [1.82, 2.24) is 20.3 Å². The van der Waals surface area contributed by atoms with Crippen LogP contribution in [0.1, 0.15) is 27.2 Å². The maximum atomic E-state index is 14.6. The Labute approximate surface area is 177 Å². The number of aromatic amines is 1. The second kappa shape index (κ2) is 7.53. The van der Waals surface area contributed by atoms with Gasteiger partial charge in [-0.25, -0.2) is 4.39 Å². The number of benzene rings is 1. The van der Waals surface area contributed by atoms with Crippen molar-refractivity contribution >= 4 is 17.7 Å². The van der Waals surface area contributed by atoms with Crippen LogP contribution >= 0.6 is 0 Å². The number of amides is 1. The van der Waals surface area contributed by atoms with Gasteiger partial charge < -0.3 is 16.0 Å². The van der Waals surface area contributed by atoms with Crippen LogP contribution in [0.25, 0.3) is 34.2 Å². The van der Waals surface area contributed by atoms with Crippen molar-refractivity contribution < 1.29 is 9.18 Å². The molecule has 0 spiro atoms. The molecule has 0 unspecified atom stereocenters. The number of fused-ring (bicyclic) bond motifs is 1. The van der Waals surface area contributed by atoms with Crippen molar-refractivity contribution in [3.8, 4) is 22.4 Å². The van der Waals surface area contributed by atoms with E-state index < -0.39 is 11.7 Å². The van der Waals surface area contributed by atoms with Gasteiger partial charge in [0.25, 0.3) is 0 Å². The second-order valence-corrected chi connectivity index (χ2v) is 7.22. The Bertz CT molecular complexity index is 1310. The number of nitrogens with zero attached hydrogens (tertiary/aromatic N) is 2. The third-order valence-corrected chi connectivity index (χ3v) is 5.35. The first-order chi connectivity index (χ1) is 15.1. The summed E-state index contributed by atoms with van der Waals surface area (Å²) in [5.41, 5.74) is 12.4. The predicted molar refractivity (Wildman–Crippen MR) is 117 cm³/mol. The number of rotatable bonds is 4. The van der Waals surface area contributed by atoms with E-state index in [-0.39, 0.29) is 0 Å². The molecule has 4 heterocycles. The summed E-state index contributed by atoms with van der Waals surface area (Å²) in [4.78, 5) is 22.8. The molecule has 3 aromatic heterocycles. The van der Waals surface area contributed by atoms with Crippen molar-refractivity contribution in [1.29, 1.82) is 0 Å². The smallest absolute Gasteiger partial charge is 0.248 e. The summed E-state index contributed by atoms with van der Waals surface area (Å²) in [5.74, 6) is -0.862. The van der Waals surface area contributed by atoms with Gasteiger partial charge in [-0.1, -0.05) is 18.2 Å². The molecule has 4 N–H and O–H groups in total. The van der Waals surface area contributed by atoms with Crippen LogP contribution in [0.4, 0.5) is 4.39 Å². The van der Waals surface area contributed by atoms with Crippen LogP contribution < -0.4 is 11.1 Å². The number of hydrogen-bond acceptors (Lipinski definition) is 4. The van der Waals surface area contributed by atoms with E-state index in [0.717, 1.165) is 33.6 Å². The van der Waals surface area contributed by atoms with Crippen LogP contribution in [0.3, 0.4) is 0 Å². The molecule has 1 amide bonds. The minimum absolute atomic E-state index is 0.398. The summed E-state index contributed by atoms with van der Waals surface area (Å²) >= 11 is 0. The molecule has 5 rings (SSSR count). The Morgan fingerprint density at radius 2 is 1.81 bits per heavy atom. The van der Waals surface area contributed by atoms with E-state index in [4.69, 9.17) is 5.73 Å². The Morgan fingerprint density at radius 1 is 1.00 bits per heavy atom. The minimum Gasteiger partial charge on any atom is -0.380 e. The fraction of sp³-hybridized carbons (Fsp3) is 0.0417. The number of aromatic nitrogens is 3. The fourth-order valence-corrected chi connectivity index (χ4v) is 3.85. The van der Waals surface area contributed by atoms with Gasteiger partial charge in [0.15, 0.2) is 5.82 Å². The van der Waals surface area contributed by atoms with Crippen LogP contribution in [-0.4, -0.2) is 20.9 Å². The molecule has 152 valence electrons. The molecular weight excluding hydrogens is 393 g/mol. The quantitative estimate of drug-likeness (QED) is 0.473. The van der Waals surface area contributed by atoms with Crippen LogP contribution in [0, 0.1) is 5.82 Å². The van der Waals surface area contributed by atoms with E-state index in [1.54, 1.807) is 36.8 Å². The number of carbonyl (C=O) groups is 1. The molecule has 0 radical (unpaired) electrons. The van der Waals surface area contributed by atoms with Crippen molar-refractivity contribution in [2.75, 3.05) is 0 Å². The van der Waals surface area contributed by atoms with Crippen molar-refractivity contribution in [3.63, 3.8) is 0 Å². The van der Waals surface area contributed by atoms with Gasteiger partial charge >= 0.3 is 0 Å². The number of carbonyl (C=O) groups excluding carboxylic acids is 1. The number of pyridine rings is 2. The van der Waals surface area contributed by atoms with Crippen LogP contribution in [0.15, 0.2) is 67.3 Å². The minimum atomic E-state index is -0.464. The largest absolute Gasteiger partial charge is 0.380 e. The Hall–Kier alpha value is -4.26. The third kappa shape index (κ3) is 3.36. The average Bonchev–Trinajstić information content (AvgIpc) is 3.18. The zero-order valence-corrected chi connectivity index (χ0v) is 16.4. The van der Waals surface area contributed by atoms with Crippen molar-refractivity contribution in [2.45, 2.75) is 6.54 Å². The van der Waals surface area contributed by atoms with Gasteiger partial charge in [0, 0.05) is 64.3 Å².